The van der Waals surface area contributed by atoms with Gasteiger partial charge < -0.3 is 9.47 Å². The van der Waals surface area contributed by atoms with E-state index in [1.807, 2.05) is 23.5 Å². The Morgan fingerprint density at radius 3 is 1.27 bits per heavy atom. The molecule has 3 aromatic carbocycles. The van der Waals surface area contributed by atoms with Gasteiger partial charge in [-0.05, 0) is 24.3 Å². The van der Waals surface area contributed by atoms with Crippen LogP contribution in [-0.2, 0) is 0 Å². The van der Waals surface area contributed by atoms with Crippen molar-refractivity contribution in [2.45, 2.75) is 39.5 Å². The standard InChI is InChI=1S/C26H34O2S2/c1-3-5-17-29-19-15-27-25-21-11-7-9-13-23(21)26(24-14-10-8-12-22(24)25)28-16-20-30-18-6-4-2/h7-14H,3-6,15-20H2,1-2H3. The molecule has 0 saturated heterocycles. The largest absolute Gasteiger partial charge is 0.491 e. The molecule has 0 amide bonds. The fourth-order valence-corrected chi connectivity index (χ4v) is 5.26. The van der Waals surface area contributed by atoms with E-state index in [0.29, 0.717) is 0 Å². The van der Waals surface area contributed by atoms with E-state index in [1.54, 1.807) is 0 Å². The third-order valence-electron chi connectivity index (χ3n) is 5.07. The fourth-order valence-electron chi connectivity index (χ4n) is 3.46. The lowest BCUT2D eigenvalue weighted by Crippen LogP contribution is -2.05. The maximum Gasteiger partial charge on any atom is 0.135 e. The molecule has 0 atom stereocenters. The highest BCUT2D eigenvalue weighted by atomic mass is 32.2. The molecular weight excluding hydrogens is 408 g/mol. The molecule has 0 bridgehead atoms. The molecule has 0 aliphatic carbocycles. The molecule has 0 aliphatic rings. The van der Waals surface area contributed by atoms with Crippen LogP contribution in [0.15, 0.2) is 48.5 Å². The first-order chi connectivity index (χ1) is 14.9. The molecular formula is C26H34O2S2. The first-order valence-electron chi connectivity index (χ1n) is 11.2. The predicted molar refractivity (Wildman–Crippen MR) is 137 cm³/mol. The third-order valence-corrected chi connectivity index (χ3v) is 7.13. The molecule has 0 radical (unpaired) electrons. The molecule has 3 aromatic rings. The van der Waals surface area contributed by atoms with E-state index in [0.717, 1.165) is 57.8 Å². The molecule has 30 heavy (non-hydrogen) atoms. The molecule has 0 aromatic heterocycles. The number of benzene rings is 3. The summed E-state index contributed by atoms with van der Waals surface area (Å²) in [6.45, 7) is 5.94. The Morgan fingerprint density at radius 2 is 0.933 bits per heavy atom. The number of unbranched alkanes of at least 4 members (excludes halogenated alkanes) is 2. The van der Waals surface area contributed by atoms with Crippen LogP contribution in [0.2, 0.25) is 0 Å². The zero-order valence-electron chi connectivity index (χ0n) is 18.3. The lowest BCUT2D eigenvalue weighted by molar-refractivity contribution is 0.346. The van der Waals surface area contributed by atoms with Crippen LogP contribution >= 0.6 is 23.5 Å². The monoisotopic (exact) mass is 442 g/mol. The predicted octanol–water partition coefficient (Wildman–Crippen LogP) is 7.82. The molecule has 0 N–H and O–H groups in total. The maximum atomic E-state index is 6.36. The van der Waals surface area contributed by atoms with Crippen LogP contribution in [0.25, 0.3) is 21.5 Å². The van der Waals surface area contributed by atoms with E-state index in [-0.39, 0.29) is 0 Å². The SMILES string of the molecule is CCCCSCCOc1c2ccccc2c(OCCSCCCC)c2ccccc12. The van der Waals surface area contributed by atoms with E-state index < -0.39 is 0 Å². The molecule has 0 saturated carbocycles. The minimum atomic E-state index is 0.733. The second-order valence-electron chi connectivity index (χ2n) is 7.38. The topological polar surface area (TPSA) is 18.5 Å². The Labute approximate surface area is 190 Å². The highest BCUT2D eigenvalue weighted by molar-refractivity contribution is 7.99. The summed E-state index contributed by atoms with van der Waals surface area (Å²) >= 11 is 3.96. The summed E-state index contributed by atoms with van der Waals surface area (Å²) < 4.78 is 12.7. The lowest BCUT2D eigenvalue weighted by Gasteiger charge is -2.18. The first kappa shape index (κ1) is 23.1. The highest BCUT2D eigenvalue weighted by Crippen LogP contribution is 2.42. The zero-order valence-corrected chi connectivity index (χ0v) is 20.0. The number of ether oxygens (including phenoxy) is 2. The minimum Gasteiger partial charge on any atom is -0.491 e. The van der Waals surface area contributed by atoms with Crippen molar-refractivity contribution in [3.8, 4) is 11.5 Å². The molecule has 0 aliphatic heterocycles. The highest BCUT2D eigenvalue weighted by Gasteiger charge is 2.15. The van der Waals surface area contributed by atoms with E-state index >= 15 is 0 Å². The van der Waals surface area contributed by atoms with Crippen molar-refractivity contribution in [2.24, 2.45) is 0 Å². The first-order valence-corrected chi connectivity index (χ1v) is 13.5. The summed E-state index contributed by atoms with van der Waals surface area (Å²) in [7, 11) is 0. The van der Waals surface area contributed by atoms with Crippen LogP contribution in [0, 0.1) is 0 Å². The van der Waals surface area contributed by atoms with E-state index in [2.05, 4.69) is 62.4 Å². The Hall–Kier alpha value is -1.52. The lowest BCUT2D eigenvalue weighted by atomic mass is 10.0. The zero-order chi connectivity index (χ0) is 21.0. The number of rotatable bonds is 14. The van der Waals surface area contributed by atoms with Gasteiger partial charge in [0, 0.05) is 33.1 Å². The van der Waals surface area contributed by atoms with Gasteiger partial charge in [-0.15, -0.1) is 0 Å². The second-order valence-corrected chi connectivity index (χ2v) is 9.83. The summed E-state index contributed by atoms with van der Waals surface area (Å²) in [5.41, 5.74) is 0. The summed E-state index contributed by atoms with van der Waals surface area (Å²) in [4.78, 5) is 0. The Kier molecular flexibility index (Phi) is 10.0. The van der Waals surface area contributed by atoms with Crippen LogP contribution in [0.5, 0.6) is 11.5 Å². The van der Waals surface area contributed by atoms with Crippen molar-refractivity contribution < 1.29 is 9.47 Å². The molecule has 2 nitrogen and oxygen atoms in total. The third kappa shape index (κ3) is 6.24. The second kappa shape index (κ2) is 13.0. The van der Waals surface area contributed by atoms with Crippen molar-refractivity contribution in [3.63, 3.8) is 0 Å². The minimum absolute atomic E-state index is 0.733. The smallest absolute Gasteiger partial charge is 0.135 e. The van der Waals surface area contributed by atoms with Gasteiger partial charge in [0.15, 0.2) is 0 Å². The van der Waals surface area contributed by atoms with Gasteiger partial charge in [-0.3, -0.25) is 0 Å². The van der Waals surface area contributed by atoms with Crippen molar-refractivity contribution in [1.82, 2.24) is 0 Å². The molecule has 4 heteroatoms. The molecule has 3 rings (SSSR count). The number of hydrogen-bond donors (Lipinski definition) is 0. The quantitative estimate of drug-likeness (QED) is 0.187. The molecule has 162 valence electrons. The Bertz CT molecular complexity index is 779. The van der Waals surface area contributed by atoms with Crippen LogP contribution in [0.4, 0.5) is 0 Å². The summed E-state index contributed by atoms with van der Waals surface area (Å²) in [6.07, 6.45) is 5.06. The van der Waals surface area contributed by atoms with Gasteiger partial charge in [0.25, 0.3) is 0 Å². The van der Waals surface area contributed by atoms with Gasteiger partial charge >= 0.3 is 0 Å². The fraction of sp³-hybridized carbons (Fsp3) is 0.462. The average molecular weight is 443 g/mol. The summed E-state index contributed by atoms with van der Waals surface area (Å²) in [5.74, 6) is 6.45. The van der Waals surface area contributed by atoms with Crippen LogP contribution in [-0.4, -0.2) is 36.2 Å². The van der Waals surface area contributed by atoms with Crippen LogP contribution < -0.4 is 9.47 Å². The molecule has 0 unspecified atom stereocenters. The number of thioether (sulfide) groups is 2. The van der Waals surface area contributed by atoms with Gasteiger partial charge in [0.1, 0.15) is 11.5 Å². The Morgan fingerprint density at radius 1 is 0.567 bits per heavy atom. The normalized spacial score (nSPS) is 11.3. The van der Waals surface area contributed by atoms with Crippen LogP contribution in [0.1, 0.15) is 39.5 Å². The van der Waals surface area contributed by atoms with Crippen molar-refractivity contribution in [2.75, 3.05) is 36.2 Å². The van der Waals surface area contributed by atoms with Gasteiger partial charge in [0.2, 0.25) is 0 Å². The molecule has 0 fully saturated rings. The van der Waals surface area contributed by atoms with Crippen molar-refractivity contribution in [3.05, 3.63) is 48.5 Å². The maximum absolute atomic E-state index is 6.36. The van der Waals surface area contributed by atoms with Crippen molar-refractivity contribution in [1.29, 1.82) is 0 Å². The van der Waals surface area contributed by atoms with Gasteiger partial charge in [-0.1, -0.05) is 75.2 Å². The average Bonchev–Trinajstić information content (AvgIpc) is 2.79. The summed E-state index contributed by atoms with van der Waals surface area (Å²) in [6, 6.07) is 17.0. The van der Waals surface area contributed by atoms with E-state index in [9.17, 15) is 0 Å². The van der Waals surface area contributed by atoms with Gasteiger partial charge in [0.05, 0.1) is 13.2 Å². The molecule has 0 heterocycles. The number of hydrogen-bond acceptors (Lipinski definition) is 4. The number of fused-ring (bicyclic) bond motifs is 2. The van der Waals surface area contributed by atoms with Crippen LogP contribution in [0.3, 0.4) is 0 Å². The van der Waals surface area contributed by atoms with E-state index in [4.69, 9.17) is 9.47 Å². The van der Waals surface area contributed by atoms with Gasteiger partial charge in [-0.25, -0.2) is 0 Å². The van der Waals surface area contributed by atoms with E-state index in [1.165, 1.54) is 37.2 Å². The van der Waals surface area contributed by atoms with Gasteiger partial charge in [-0.2, -0.15) is 23.5 Å². The summed E-state index contributed by atoms with van der Waals surface area (Å²) in [5, 5.41) is 4.57. The molecule has 0 spiro atoms. The Balaban J connectivity index is 1.81. The van der Waals surface area contributed by atoms with Crippen molar-refractivity contribution >= 4 is 45.1 Å².